The quantitative estimate of drug-likeness (QED) is 0.643. The fourth-order valence-corrected chi connectivity index (χ4v) is 2.31. The third kappa shape index (κ3) is 2.82. The first-order chi connectivity index (χ1) is 8.16. The Morgan fingerprint density at radius 3 is 2.88 bits per heavy atom. The third-order valence-corrected chi connectivity index (χ3v) is 3.28. The zero-order valence-corrected chi connectivity index (χ0v) is 9.74. The van der Waals surface area contributed by atoms with E-state index in [2.05, 4.69) is 0 Å². The number of carboxylic acid groups (broad SMARTS) is 1. The molecule has 0 bridgehead atoms. The number of aromatic carboxylic acids is 1. The minimum atomic E-state index is -0.973. The number of nitrogen functional groups attached to an aromatic ring is 1. The number of anilines is 1. The molecule has 0 saturated carbocycles. The highest BCUT2D eigenvalue weighted by molar-refractivity contribution is 7.98. The van der Waals surface area contributed by atoms with Crippen molar-refractivity contribution in [1.82, 2.24) is 0 Å². The Morgan fingerprint density at radius 2 is 2.24 bits per heavy atom. The van der Waals surface area contributed by atoms with Crippen LogP contribution in [-0.2, 0) is 5.75 Å². The van der Waals surface area contributed by atoms with E-state index in [0.717, 1.165) is 5.76 Å². The second kappa shape index (κ2) is 4.97. The Balaban J connectivity index is 2.17. The Kier molecular flexibility index (Phi) is 3.39. The summed E-state index contributed by atoms with van der Waals surface area (Å²) in [5.41, 5.74) is 6.24. The predicted molar refractivity (Wildman–Crippen MR) is 66.1 cm³/mol. The highest BCUT2D eigenvalue weighted by Crippen LogP contribution is 2.28. The number of nitrogens with two attached hydrogens (primary N) is 1. The molecule has 0 aliphatic rings. The molecule has 2 aromatic rings. The van der Waals surface area contributed by atoms with Crippen molar-refractivity contribution in [2.75, 3.05) is 5.73 Å². The van der Waals surface area contributed by atoms with E-state index in [9.17, 15) is 4.79 Å². The summed E-state index contributed by atoms with van der Waals surface area (Å²) in [7, 11) is 0. The average molecular weight is 249 g/mol. The summed E-state index contributed by atoms with van der Waals surface area (Å²) in [5.74, 6) is 0.430. The first kappa shape index (κ1) is 11.6. The number of benzene rings is 1. The summed E-state index contributed by atoms with van der Waals surface area (Å²) in [5, 5.41) is 9.05. The molecule has 0 fully saturated rings. The van der Waals surface area contributed by atoms with Crippen molar-refractivity contribution in [2.24, 2.45) is 0 Å². The Bertz CT molecular complexity index is 523. The van der Waals surface area contributed by atoms with Crippen molar-refractivity contribution in [3.63, 3.8) is 0 Å². The van der Waals surface area contributed by atoms with Gasteiger partial charge in [0.2, 0.25) is 0 Å². The summed E-state index contributed by atoms with van der Waals surface area (Å²) >= 11 is 1.41. The number of carboxylic acids is 1. The van der Waals surface area contributed by atoms with Gasteiger partial charge in [-0.25, -0.2) is 4.79 Å². The SMILES string of the molecule is Nc1ccc(SCc2ccco2)c(C(=O)O)c1. The van der Waals surface area contributed by atoms with Crippen molar-refractivity contribution in [3.8, 4) is 0 Å². The van der Waals surface area contributed by atoms with Gasteiger partial charge in [0.25, 0.3) is 0 Å². The minimum Gasteiger partial charge on any atom is -0.478 e. The maximum Gasteiger partial charge on any atom is 0.336 e. The molecule has 2 rings (SSSR count). The van der Waals surface area contributed by atoms with Gasteiger partial charge in [-0.3, -0.25) is 0 Å². The molecule has 1 heterocycles. The molecule has 0 aliphatic carbocycles. The zero-order chi connectivity index (χ0) is 12.3. The van der Waals surface area contributed by atoms with Crippen LogP contribution in [0, 0.1) is 0 Å². The molecule has 3 N–H and O–H groups in total. The van der Waals surface area contributed by atoms with E-state index < -0.39 is 5.97 Å². The van der Waals surface area contributed by atoms with E-state index in [4.69, 9.17) is 15.3 Å². The fourth-order valence-electron chi connectivity index (χ4n) is 1.38. The highest BCUT2D eigenvalue weighted by atomic mass is 32.2. The van der Waals surface area contributed by atoms with E-state index in [1.165, 1.54) is 17.8 Å². The lowest BCUT2D eigenvalue weighted by Crippen LogP contribution is -2.00. The summed E-state index contributed by atoms with van der Waals surface area (Å²) in [6, 6.07) is 8.53. The van der Waals surface area contributed by atoms with Crippen LogP contribution in [0.15, 0.2) is 45.9 Å². The van der Waals surface area contributed by atoms with Gasteiger partial charge in [0.05, 0.1) is 17.6 Å². The molecule has 17 heavy (non-hydrogen) atoms. The van der Waals surface area contributed by atoms with Gasteiger partial charge >= 0.3 is 5.97 Å². The van der Waals surface area contributed by atoms with Crippen molar-refractivity contribution in [2.45, 2.75) is 10.6 Å². The summed E-state index contributed by atoms with van der Waals surface area (Å²) in [6.45, 7) is 0. The Labute approximate surface area is 102 Å². The third-order valence-electron chi connectivity index (χ3n) is 2.18. The second-order valence-corrected chi connectivity index (χ2v) is 4.45. The number of hydrogen-bond donors (Lipinski definition) is 2. The van der Waals surface area contributed by atoms with Crippen molar-refractivity contribution in [3.05, 3.63) is 47.9 Å². The maximum atomic E-state index is 11.0. The maximum absolute atomic E-state index is 11.0. The van der Waals surface area contributed by atoms with Crippen LogP contribution in [0.1, 0.15) is 16.1 Å². The van der Waals surface area contributed by atoms with Gasteiger partial charge in [-0.15, -0.1) is 11.8 Å². The lowest BCUT2D eigenvalue weighted by Gasteiger charge is -2.05. The van der Waals surface area contributed by atoms with E-state index in [-0.39, 0.29) is 5.56 Å². The molecule has 88 valence electrons. The smallest absolute Gasteiger partial charge is 0.336 e. The lowest BCUT2D eigenvalue weighted by atomic mass is 10.2. The molecule has 5 heteroatoms. The van der Waals surface area contributed by atoms with Crippen molar-refractivity contribution < 1.29 is 14.3 Å². The molecule has 0 radical (unpaired) electrons. The van der Waals surface area contributed by atoms with Gasteiger partial charge in [0.1, 0.15) is 5.76 Å². The largest absolute Gasteiger partial charge is 0.478 e. The number of hydrogen-bond acceptors (Lipinski definition) is 4. The number of carbonyl (C=O) groups is 1. The van der Waals surface area contributed by atoms with Crippen LogP contribution < -0.4 is 5.73 Å². The first-order valence-corrected chi connectivity index (χ1v) is 5.93. The van der Waals surface area contributed by atoms with Crippen LogP contribution in [0.3, 0.4) is 0 Å². The van der Waals surface area contributed by atoms with Crippen LogP contribution in [0.5, 0.6) is 0 Å². The number of thioether (sulfide) groups is 1. The zero-order valence-electron chi connectivity index (χ0n) is 8.92. The fraction of sp³-hybridized carbons (Fsp3) is 0.0833. The number of furan rings is 1. The molecule has 0 saturated heterocycles. The molecule has 0 atom stereocenters. The summed E-state index contributed by atoms with van der Waals surface area (Å²) in [6.07, 6.45) is 1.59. The van der Waals surface area contributed by atoms with E-state index in [1.807, 2.05) is 6.07 Å². The van der Waals surface area contributed by atoms with Crippen LogP contribution in [0.4, 0.5) is 5.69 Å². The molecular weight excluding hydrogens is 238 g/mol. The van der Waals surface area contributed by atoms with Gasteiger partial charge in [-0.05, 0) is 30.3 Å². The van der Waals surface area contributed by atoms with Crippen LogP contribution in [-0.4, -0.2) is 11.1 Å². The molecular formula is C12H11NO3S. The lowest BCUT2D eigenvalue weighted by molar-refractivity contribution is 0.0693. The Morgan fingerprint density at radius 1 is 1.41 bits per heavy atom. The number of rotatable bonds is 4. The molecule has 0 spiro atoms. The van der Waals surface area contributed by atoms with E-state index >= 15 is 0 Å². The second-order valence-electron chi connectivity index (χ2n) is 3.43. The molecule has 4 nitrogen and oxygen atoms in total. The van der Waals surface area contributed by atoms with E-state index in [1.54, 1.807) is 24.5 Å². The molecule has 0 unspecified atom stereocenters. The highest BCUT2D eigenvalue weighted by Gasteiger charge is 2.11. The normalized spacial score (nSPS) is 10.4. The van der Waals surface area contributed by atoms with Crippen LogP contribution in [0.2, 0.25) is 0 Å². The predicted octanol–water partition coefficient (Wildman–Crippen LogP) is 2.85. The van der Waals surface area contributed by atoms with Gasteiger partial charge in [-0.1, -0.05) is 0 Å². The molecule has 0 aliphatic heterocycles. The van der Waals surface area contributed by atoms with Gasteiger partial charge in [0, 0.05) is 10.6 Å². The molecule has 1 aromatic heterocycles. The molecule has 0 amide bonds. The summed E-state index contributed by atoms with van der Waals surface area (Å²) < 4.78 is 5.19. The van der Waals surface area contributed by atoms with Crippen molar-refractivity contribution in [1.29, 1.82) is 0 Å². The van der Waals surface area contributed by atoms with E-state index in [0.29, 0.717) is 16.3 Å². The minimum absolute atomic E-state index is 0.224. The van der Waals surface area contributed by atoms with Gasteiger partial charge in [-0.2, -0.15) is 0 Å². The standard InChI is InChI=1S/C12H11NO3S/c13-8-3-4-11(10(6-8)12(14)15)17-7-9-2-1-5-16-9/h1-6H,7,13H2,(H,14,15). The molecule has 1 aromatic carbocycles. The first-order valence-electron chi connectivity index (χ1n) is 4.95. The van der Waals surface area contributed by atoms with Gasteiger partial charge < -0.3 is 15.3 Å². The monoisotopic (exact) mass is 249 g/mol. The topological polar surface area (TPSA) is 76.5 Å². The van der Waals surface area contributed by atoms with Gasteiger partial charge in [0.15, 0.2) is 0 Å². The van der Waals surface area contributed by atoms with Crippen molar-refractivity contribution >= 4 is 23.4 Å². The van der Waals surface area contributed by atoms with Crippen LogP contribution in [0.25, 0.3) is 0 Å². The Hall–Kier alpha value is -1.88. The average Bonchev–Trinajstić information content (AvgIpc) is 2.80. The van der Waals surface area contributed by atoms with Crippen LogP contribution >= 0.6 is 11.8 Å². The summed E-state index contributed by atoms with van der Waals surface area (Å²) in [4.78, 5) is 11.7.